The van der Waals surface area contributed by atoms with E-state index >= 15 is 0 Å². The zero-order chi connectivity index (χ0) is 9.40. The Bertz CT molecular complexity index is 168. The number of nitrogens with two attached hydrogens (primary N) is 2. The first-order chi connectivity index (χ1) is 5.86. The summed E-state index contributed by atoms with van der Waals surface area (Å²) in [5, 5.41) is 0. The van der Waals surface area contributed by atoms with E-state index in [1.54, 1.807) is 0 Å². The molecule has 0 aromatic heterocycles. The molecule has 68 valence electrons. The highest BCUT2D eigenvalue weighted by Gasteiger charge is 1.88. The average Bonchev–Trinajstić information content (AvgIpc) is 2.21. The summed E-state index contributed by atoms with van der Waals surface area (Å²) in [6.07, 6.45) is 0. The van der Waals surface area contributed by atoms with Gasteiger partial charge in [-0.3, -0.25) is 0 Å². The van der Waals surface area contributed by atoms with Gasteiger partial charge in [-0.15, -0.1) is 0 Å². The van der Waals surface area contributed by atoms with Crippen molar-refractivity contribution >= 4 is 0 Å². The first kappa shape index (κ1) is 11.1. The molecule has 0 spiro atoms. The van der Waals surface area contributed by atoms with Crippen molar-refractivity contribution in [1.82, 2.24) is 0 Å². The van der Waals surface area contributed by atoms with E-state index < -0.39 is 0 Å². The molecule has 2 heteroatoms. The number of hydrogen-bond donors (Lipinski definition) is 2. The molecule has 1 rings (SSSR count). The highest BCUT2D eigenvalue weighted by molar-refractivity contribution is 5.21. The van der Waals surface area contributed by atoms with Crippen LogP contribution < -0.4 is 11.5 Å². The molecular formula is C10H18N2. The fraction of sp³-hybridized carbons (Fsp3) is 0.400. The first-order valence-corrected chi connectivity index (χ1v) is 4.34. The van der Waals surface area contributed by atoms with Gasteiger partial charge in [-0.25, -0.2) is 0 Å². The van der Waals surface area contributed by atoms with Crippen molar-refractivity contribution in [3.8, 4) is 0 Å². The van der Waals surface area contributed by atoms with Crippen LogP contribution in [0.15, 0.2) is 24.3 Å². The van der Waals surface area contributed by atoms with Crippen molar-refractivity contribution in [2.24, 2.45) is 11.5 Å². The van der Waals surface area contributed by atoms with Gasteiger partial charge in [0.05, 0.1) is 0 Å². The summed E-state index contributed by atoms with van der Waals surface area (Å²) in [6.45, 7) is 5.20. The van der Waals surface area contributed by atoms with Crippen LogP contribution in [0.3, 0.4) is 0 Å². The van der Waals surface area contributed by atoms with E-state index in [1.807, 2.05) is 38.1 Å². The van der Waals surface area contributed by atoms with E-state index in [0.29, 0.717) is 13.1 Å². The molecule has 0 aliphatic carbocycles. The third-order valence-corrected chi connectivity index (χ3v) is 1.49. The summed E-state index contributed by atoms with van der Waals surface area (Å²) in [4.78, 5) is 0. The molecular weight excluding hydrogens is 148 g/mol. The molecule has 0 aliphatic heterocycles. The van der Waals surface area contributed by atoms with Crippen LogP contribution in [-0.2, 0) is 13.1 Å². The Labute approximate surface area is 74.6 Å². The van der Waals surface area contributed by atoms with Crippen molar-refractivity contribution in [1.29, 1.82) is 0 Å². The van der Waals surface area contributed by atoms with E-state index in [0.717, 1.165) is 11.1 Å². The Morgan fingerprint density at radius 1 is 0.833 bits per heavy atom. The van der Waals surface area contributed by atoms with Gasteiger partial charge >= 0.3 is 0 Å². The van der Waals surface area contributed by atoms with Gasteiger partial charge in [0.2, 0.25) is 0 Å². The SMILES string of the molecule is CC.NCc1ccc(CN)cc1. The van der Waals surface area contributed by atoms with Gasteiger partial charge in [-0.1, -0.05) is 38.1 Å². The second-order valence-electron chi connectivity index (χ2n) is 2.22. The quantitative estimate of drug-likeness (QED) is 0.701. The first-order valence-electron chi connectivity index (χ1n) is 4.34. The molecule has 0 heterocycles. The van der Waals surface area contributed by atoms with E-state index in [4.69, 9.17) is 11.5 Å². The predicted octanol–water partition coefficient (Wildman–Crippen LogP) is 1.63. The van der Waals surface area contributed by atoms with Crippen molar-refractivity contribution in [2.45, 2.75) is 26.9 Å². The molecule has 0 saturated heterocycles. The Balaban J connectivity index is 0.000000561. The normalized spacial score (nSPS) is 8.67. The highest BCUT2D eigenvalue weighted by atomic mass is 14.5. The maximum atomic E-state index is 5.41. The van der Waals surface area contributed by atoms with Gasteiger partial charge in [0, 0.05) is 13.1 Å². The lowest BCUT2D eigenvalue weighted by atomic mass is 10.1. The summed E-state index contributed by atoms with van der Waals surface area (Å²) < 4.78 is 0. The Morgan fingerprint density at radius 3 is 1.25 bits per heavy atom. The number of rotatable bonds is 2. The molecule has 4 N–H and O–H groups in total. The lowest BCUT2D eigenvalue weighted by Gasteiger charge is -1.97. The summed E-state index contributed by atoms with van der Waals surface area (Å²) in [5.74, 6) is 0. The number of benzene rings is 1. The zero-order valence-corrected chi connectivity index (χ0v) is 7.88. The van der Waals surface area contributed by atoms with E-state index in [1.165, 1.54) is 0 Å². The highest BCUT2D eigenvalue weighted by Crippen LogP contribution is 2.01. The minimum Gasteiger partial charge on any atom is -0.326 e. The molecule has 0 amide bonds. The topological polar surface area (TPSA) is 52.0 Å². The zero-order valence-electron chi connectivity index (χ0n) is 7.88. The largest absolute Gasteiger partial charge is 0.326 e. The Kier molecular flexibility index (Phi) is 6.34. The fourth-order valence-electron chi connectivity index (χ4n) is 0.811. The van der Waals surface area contributed by atoms with Crippen LogP contribution in [0.25, 0.3) is 0 Å². The van der Waals surface area contributed by atoms with Crippen LogP contribution in [0.5, 0.6) is 0 Å². The van der Waals surface area contributed by atoms with Crippen molar-refractivity contribution in [3.05, 3.63) is 35.4 Å². The third kappa shape index (κ3) is 3.51. The molecule has 0 unspecified atom stereocenters. The molecule has 0 aliphatic rings. The lowest BCUT2D eigenvalue weighted by Crippen LogP contribution is -1.98. The molecule has 0 atom stereocenters. The summed E-state index contributed by atoms with van der Waals surface area (Å²) in [5.41, 5.74) is 13.1. The van der Waals surface area contributed by atoms with Gasteiger partial charge in [-0.05, 0) is 11.1 Å². The molecule has 0 saturated carbocycles. The van der Waals surface area contributed by atoms with Crippen molar-refractivity contribution in [2.75, 3.05) is 0 Å². The smallest absolute Gasteiger partial charge is 0.0178 e. The van der Waals surface area contributed by atoms with Crippen LogP contribution in [0.1, 0.15) is 25.0 Å². The van der Waals surface area contributed by atoms with Gasteiger partial charge < -0.3 is 11.5 Å². The second kappa shape index (κ2) is 6.83. The van der Waals surface area contributed by atoms with E-state index in [9.17, 15) is 0 Å². The standard InChI is InChI=1S/C8H12N2.C2H6/c9-5-7-1-2-8(6-10)4-3-7;1-2/h1-4H,5-6,9-10H2;1-2H3. The summed E-state index contributed by atoms with van der Waals surface area (Å²) in [6, 6.07) is 8.01. The maximum Gasteiger partial charge on any atom is 0.0178 e. The predicted molar refractivity (Wildman–Crippen MR) is 53.6 cm³/mol. The maximum absolute atomic E-state index is 5.41. The molecule has 1 aromatic carbocycles. The van der Waals surface area contributed by atoms with Gasteiger partial charge in [0.25, 0.3) is 0 Å². The van der Waals surface area contributed by atoms with E-state index in [-0.39, 0.29) is 0 Å². The minimum absolute atomic E-state index is 0.602. The molecule has 0 radical (unpaired) electrons. The molecule has 1 aromatic rings. The molecule has 0 fully saturated rings. The van der Waals surface area contributed by atoms with Gasteiger partial charge in [-0.2, -0.15) is 0 Å². The fourth-order valence-corrected chi connectivity index (χ4v) is 0.811. The number of hydrogen-bond acceptors (Lipinski definition) is 2. The summed E-state index contributed by atoms with van der Waals surface area (Å²) in [7, 11) is 0. The molecule has 0 bridgehead atoms. The average molecular weight is 166 g/mol. The van der Waals surface area contributed by atoms with Crippen LogP contribution >= 0.6 is 0 Å². The summed E-state index contributed by atoms with van der Waals surface area (Å²) >= 11 is 0. The monoisotopic (exact) mass is 166 g/mol. The van der Waals surface area contributed by atoms with Crippen LogP contribution in [-0.4, -0.2) is 0 Å². The second-order valence-corrected chi connectivity index (χ2v) is 2.22. The van der Waals surface area contributed by atoms with Gasteiger partial charge in [0.15, 0.2) is 0 Å². The Morgan fingerprint density at radius 2 is 1.08 bits per heavy atom. The molecule has 2 nitrogen and oxygen atoms in total. The van der Waals surface area contributed by atoms with Crippen molar-refractivity contribution in [3.63, 3.8) is 0 Å². The van der Waals surface area contributed by atoms with Crippen LogP contribution in [0.2, 0.25) is 0 Å². The van der Waals surface area contributed by atoms with Crippen LogP contribution in [0.4, 0.5) is 0 Å². The lowest BCUT2D eigenvalue weighted by molar-refractivity contribution is 1.04. The third-order valence-electron chi connectivity index (χ3n) is 1.49. The van der Waals surface area contributed by atoms with Gasteiger partial charge in [0.1, 0.15) is 0 Å². The minimum atomic E-state index is 0.602. The van der Waals surface area contributed by atoms with E-state index in [2.05, 4.69) is 0 Å². The van der Waals surface area contributed by atoms with Crippen LogP contribution in [0, 0.1) is 0 Å². The Hall–Kier alpha value is -0.860. The molecule has 12 heavy (non-hydrogen) atoms. The van der Waals surface area contributed by atoms with Crippen molar-refractivity contribution < 1.29 is 0 Å².